The lowest BCUT2D eigenvalue weighted by Gasteiger charge is -2.22. The standard InChI is InChI=1S/C18H19ClF2N2O2/c19-14-5-4-13(16(10-14)25-18(20)21)11-24-17-3-1-2-15(23-17)12-6-8-22-9-7-12/h1-5,10,12,18,22H,6-9,11H2. The largest absolute Gasteiger partial charge is 0.473 e. The molecule has 134 valence electrons. The summed E-state index contributed by atoms with van der Waals surface area (Å²) in [6.07, 6.45) is 2.08. The number of ether oxygens (including phenoxy) is 2. The van der Waals surface area contributed by atoms with Crippen LogP contribution in [0.15, 0.2) is 36.4 Å². The summed E-state index contributed by atoms with van der Waals surface area (Å²) in [5.41, 5.74) is 1.48. The van der Waals surface area contributed by atoms with E-state index in [4.69, 9.17) is 16.3 Å². The molecule has 1 aliphatic rings. The van der Waals surface area contributed by atoms with Gasteiger partial charge in [0.2, 0.25) is 5.88 Å². The highest BCUT2D eigenvalue weighted by Gasteiger charge is 2.17. The number of aromatic nitrogens is 1. The molecule has 0 amide bonds. The molecule has 0 spiro atoms. The van der Waals surface area contributed by atoms with Crippen molar-refractivity contribution in [1.29, 1.82) is 0 Å². The van der Waals surface area contributed by atoms with Crippen molar-refractivity contribution in [2.45, 2.75) is 32.0 Å². The van der Waals surface area contributed by atoms with Gasteiger partial charge in [-0.1, -0.05) is 23.7 Å². The molecule has 1 aromatic heterocycles. The van der Waals surface area contributed by atoms with Gasteiger partial charge in [-0.05, 0) is 44.1 Å². The Kier molecular flexibility index (Phi) is 6.04. The van der Waals surface area contributed by atoms with Gasteiger partial charge in [0.1, 0.15) is 12.4 Å². The minimum atomic E-state index is -2.92. The van der Waals surface area contributed by atoms with E-state index in [1.807, 2.05) is 12.1 Å². The van der Waals surface area contributed by atoms with Gasteiger partial charge in [0.15, 0.2) is 0 Å². The van der Waals surface area contributed by atoms with E-state index in [1.54, 1.807) is 18.2 Å². The van der Waals surface area contributed by atoms with Gasteiger partial charge >= 0.3 is 6.61 Å². The number of halogens is 3. The molecule has 1 aromatic carbocycles. The summed E-state index contributed by atoms with van der Waals surface area (Å²) in [5.74, 6) is 0.893. The lowest BCUT2D eigenvalue weighted by molar-refractivity contribution is -0.0508. The fourth-order valence-electron chi connectivity index (χ4n) is 2.86. The van der Waals surface area contributed by atoms with Crippen LogP contribution in [0.5, 0.6) is 11.6 Å². The Balaban J connectivity index is 1.69. The van der Waals surface area contributed by atoms with Crippen molar-refractivity contribution in [3.05, 3.63) is 52.7 Å². The molecular weight excluding hydrogens is 350 g/mol. The molecule has 2 heterocycles. The number of nitrogens with zero attached hydrogens (tertiary/aromatic N) is 1. The van der Waals surface area contributed by atoms with Crippen LogP contribution in [0, 0.1) is 0 Å². The second-order valence-electron chi connectivity index (χ2n) is 5.84. The molecule has 1 fully saturated rings. The highest BCUT2D eigenvalue weighted by atomic mass is 35.5. The molecular formula is C18H19ClF2N2O2. The first-order valence-corrected chi connectivity index (χ1v) is 8.53. The molecule has 0 bridgehead atoms. The predicted octanol–water partition coefficient (Wildman–Crippen LogP) is 4.38. The van der Waals surface area contributed by atoms with Crippen LogP contribution in [0.25, 0.3) is 0 Å². The van der Waals surface area contributed by atoms with Crippen LogP contribution < -0.4 is 14.8 Å². The monoisotopic (exact) mass is 368 g/mol. The predicted molar refractivity (Wildman–Crippen MR) is 91.5 cm³/mol. The average Bonchev–Trinajstić information content (AvgIpc) is 2.61. The van der Waals surface area contributed by atoms with Crippen molar-refractivity contribution >= 4 is 11.6 Å². The summed E-state index contributed by atoms with van der Waals surface area (Å²) in [6.45, 7) is -0.881. The zero-order valence-corrected chi connectivity index (χ0v) is 14.3. The third-order valence-electron chi connectivity index (χ3n) is 4.12. The Labute approximate surface area is 150 Å². The minimum Gasteiger partial charge on any atom is -0.473 e. The number of benzene rings is 1. The Morgan fingerprint density at radius 3 is 2.76 bits per heavy atom. The van der Waals surface area contributed by atoms with E-state index >= 15 is 0 Å². The van der Waals surface area contributed by atoms with E-state index in [0.29, 0.717) is 22.4 Å². The van der Waals surface area contributed by atoms with Gasteiger partial charge in [-0.25, -0.2) is 4.98 Å². The van der Waals surface area contributed by atoms with Crippen LogP contribution in [0.1, 0.15) is 30.0 Å². The van der Waals surface area contributed by atoms with E-state index < -0.39 is 6.61 Å². The number of hydrogen-bond donors (Lipinski definition) is 1. The van der Waals surface area contributed by atoms with Crippen molar-refractivity contribution in [3.8, 4) is 11.6 Å². The second kappa shape index (κ2) is 8.45. The van der Waals surface area contributed by atoms with E-state index in [1.165, 1.54) is 6.07 Å². The number of nitrogens with one attached hydrogen (secondary N) is 1. The smallest absolute Gasteiger partial charge is 0.387 e. The van der Waals surface area contributed by atoms with Gasteiger partial charge in [-0.15, -0.1) is 0 Å². The lowest BCUT2D eigenvalue weighted by Crippen LogP contribution is -2.27. The summed E-state index contributed by atoms with van der Waals surface area (Å²) < 4.78 is 35.3. The zero-order chi connectivity index (χ0) is 17.6. The number of hydrogen-bond acceptors (Lipinski definition) is 4. The molecule has 0 atom stereocenters. The van der Waals surface area contributed by atoms with Crippen LogP contribution in [0.3, 0.4) is 0 Å². The normalized spacial score (nSPS) is 15.4. The maximum absolute atomic E-state index is 12.5. The van der Waals surface area contributed by atoms with E-state index in [0.717, 1.165) is 31.6 Å². The second-order valence-corrected chi connectivity index (χ2v) is 6.28. The molecule has 0 saturated carbocycles. The van der Waals surface area contributed by atoms with Gasteiger partial charge in [-0.2, -0.15) is 8.78 Å². The van der Waals surface area contributed by atoms with Gasteiger partial charge in [0.05, 0.1) is 0 Å². The SMILES string of the molecule is FC(F)Oc1cc(Cl)ccc1COc1cccc(C2CCNCC2)n1. The number of alkyl halides is 2. The fourth-order valence-corrected chi connectivity index (χ4v) is 3.02. The van der Waals surface area contributed by atoms with Crippen LogP contribution in [-0.2, 0) is 6.61 Å². The lowest BCUT2D eigenvalue weighted by atomic mass is 9.94. The van der Waals surface area contributed by atoms with Crippen LogP contribution >= 0.6 is 11.6 Å². The van der Waals surface area contributed by atoms with Crippen LogP contribution in [-0.4, -0.2) is 24.7 Å². The minimum absolute atomic E-state index is 0.0111. The Morgan fingerprint density at radius 2 is 2.00 bits per heavy atom. The quantitative estimate of drug-likeness (QED) is 0.821. The van der Waals surface area contributed by atoms with Crippen molar-refractivity contribution in [1.82, 2.24) is 10.3 Å². The summed E-state index contributed by atoms with van der Waals surface area (Å²) in [7, 11) is 0. The molecule has 1 aliphatic heterocycles. The molecule has 4 nitrogen and oxygen atoms in total. The maximum Gasteiger partial charge on any atom is 0.387 e. The van der Waals surface area contributed by atoms with E-state index in [9.17, 15) is 8.78 Å². The topological polar surface area (TPSA) is 43.4 Å². The third-order valence-corrected chi connectivity index (χ3v) is 4.36. The molecule has 25 heavy (non-hydrogen) atoms. The van der Waals surface area contributed by atoms with E-state index in [2.05, 4.69) is 15.0 Å². The highest BCUT2D eigenvalue weighted by molar-refractivity contribution is 6.30. The average molecular weight is 369 g/mol. The summed E-state index contributed by atoms with van der Waals surface area (Å²) >= 11 is 5.84. The van der Waals surface area contributed by atoms with Crippen LogP contribution in [0.4, 0.5) is 8.78 Å². The van der Waals surface area contributed by atoms with Crippen molar-refractivity contribution < 1.29 is 18.3 Å². The molecule has 0 unspecified atom stereocenters. The fraction of sp³-hybridized carbons (Fsp3) is 0.389. The molecule has 1 saturated heterocycles. The van der Waals surface area contributed by atoms with Crippen molar-refractivity contribution in [2.75, 3.05) is 13.1 Å². The summed E-state index contributed by atoms with van der Waals surface area (Å²) in [4.78, 5) is 4.55. The first-order chi connectivity index (χ1) is 12.1. The summed E-state index contributed by atoms with van der Waals surface area (Å²) in [5, 5.41) is 3.65. The molecule has 3 rings (SSSR count). The Bertz CT molecular complexity index is 709. The molecule has 7 heteroatoms. The van der Waals surface area contributed by atoms with Gasteiger partial charge in [0.25, 0.3) is 0 Å². The van der Waals surface area contributed by atoms with Gasteiger partial charge in [0, 0.05) is 28.3 Å². The third kappa shape index (κ3) is 5.03. The number of rotatable bonds is 6. The maximum atomic E-state index is 12.5. The van der Waals surface area contributed by atoms with Gasteiger partial charge < -0.3 is 14.8 Å². The molecule has 0 aliphatic carbocycles. The van der Waals surface area contributed by atoms with Crippen LogP contribution in [0.2, 0.25) is 5.02 Å². The van der Waals surface area contributed by atoms with E-state index in [-0.39, 0.29) is 12.4 Å². The Hall–Kier alpha value is -1.92. The van der Waals surface area contributed by atoms with Gasteiger partial charge in [-0.3, -0.25) is 0 Å². The number of piperidine rings is 1. The molecule has 2 aromatic rings. The van der Waals surface area contributed by atoms with Crippen molar-refractivity contribution in [2.24, 2.45) is 0 Å². The zero-order valence-electron chi connectivity index (χ0n) is 13.6. The first-order valence-electron chi connectivity index (χ1n) is 8.15. The highest BCUT2D eigenvalue weighted by Crippen LogP contribution is 2.28. The molecule has 0 radical (unpaired) electrons. The molecule has 1 N–H and O–H groups in total. The van der Waals surface area contributed by atoms with Crippen molar-refractivity contribution in [3.63, 3.8) is 0 Å². The number of pyridine rings is 1. The summed E-state index contributed by atoms with van der Waals surface area (Å²) in [6, 6.07) is 10.2. The Morgan fingerprint density at radius 1 is 1.20 bits per heavy atom. The first kappa shape index (κ1) is 17.9.